The highest BCUT2D eigenvalue weighted by molar-refractivity contribution is 14.0. The lowest BCUT2D eigenvalue weighted by Gasteiger charge is -2.32. The van der Waals surface area contributed by atoms with Crippen LogP contribution in [-0.2, 0) is 9.53 Å². The molecule has 0 bridgehead atoms. The Balaban J connectivity index is 0.00000900. The molecule has 0 aliphatic carbocycles. The Morgan fingerprint density at radius 2 is 1.81 bits per heavy atom. The van der Waals surface area contributed by atoms with Crippen LogP contribution in [0.25, 0.3) is 0 Å². The molecule has 0 radical (unpaired) electrons. The summed E-state index contributed by atoms with van der Waals surface area (Å²) in [7, 11) is 1.66. The van der Waals surface area contributed by atoms with Crippen LogP contribution in [0.4, 0.5) is 4.79 Å². The van der Waals surface area contributed by atoms with Gasteiger partial charge in [0, 0.05) is 32.7 Å². The van der Waals surface area contributed by atoms with Gasteiger partial charge in [-0.3, -0.25) is 14.7 Å². The molecule has 9 nitrogen and oxygen atoms in total. The van der Waals surface area contributed by atoms with E-state index in [1.54, 1.807) is 7.05 Å². The number of ether oxygens (including phenoxy) is 1. The second-order valence-corrected chi connectivity index (χ2v) is 9.08. The zero-order chi connectivity index (χ0) is 22.7. The van der Waals surface area contributed by atoms with Gasteiger partial charge in [0.15, 0.2) is 5.96 Å². The molecule has 0 spiro atoms. The number of nitrogens with one attached hydrogen (secondary N) is 4. The molecule has 1 unspecified atom stereocenters. The number of alkyl carbamates (subject to hydrolysis) is 1. The number of aliphatic imine (C=N–C) groups is 1. The summed E-state index contributed by atoms with van der Waals surface area (Å²) in [5.41, 5.74) is -0.530. The average Bonchev–Trinajstić information content (AvgIpc) is 2.64. The molecule has 0 aromatic rings. The van der Waals surface area contributed by atoms with Crippen LogP contribution in [0.1, 0.15) is 54.4 Å². The van der Waals surface area contributed by atoms with Gasteiger partial charge in [0.25, 0.3) is 0 Å². The highest BCUT2D eigenvalue weighted by atomic mass is 127. The van der Waals surface area contributed by atoms with Crippen molar-refractivity contribution in [2.75, 3.05) is 39.8 Å². The molecule has 1 aliphatic heterocycles. The van der Waals surface area contributed by atoms with Gasteiger partial charge >= 0.3 is 6.09 Å². The third-order valence-electron chi connectivity index (χ3n) is 4.87. The van der Waals surface area contributed by atoms with Crippen molar-refractivity contribution in [1.29, 1.82) is 0 Å². The van der Waals surface area contributed by atoms with Crippen molar-refractivity contribution < 1.29 is 14.3 Å². The molecule has 4 N–H and O–H groups in total. The summed E-state index contributed by atoms with van der Waals surface area (Å²) in [6.45, 7) is 15.1. The Labute approximate surface area is 204 Å². The van der Waals surface area contributed by atoms with Crippen LogP contribution in [0.3, 0.4) is 0 Å². The molecule has 31 heavy (non-hydrogen) atoms. The third-order valence-corrected chi connectivity index (χ3v) is 4.87. The number of likely N-dealkylation sites (N-methyl/N-ethyl adjacent to an activating group) is 1. The van der Waals surface area contributed by atoms with Crippen LogP contribution in [-0.4, -0.2) is 80.3 Å². The van der Waals surface area contributed by atoms with Crippen molar-refractivity contribution in [1.82, 2.24) is 26.2 Å². The first-order valence-corrected chi connectivity index (χ1v) is 11.0. The Bertz CT molecular complexity index is 572. The minimum atomic E-state index is -0.530. The van der Waals surface area contributed by atoms with Crippen molar-refractivity contribution in [3.05, 3.63) is 0 Å². The van der Waals surface area contributed by atoms with Crippen LogP contribution in [0.5, 0.6) is 0 Å². The summed E-state index contributed by atoms with van der Waals surface area (Å²) in [6.07, 6.45) is 1.48. The van der Waals surface area contributed by atoms with Gasteiger partial charge in [0.05, 0.1) is 19.1 Å². The lowest BCUT2D eigenvalue weighted by atomic mass is 10.0. The number of piperidine rings is 1. The predicted octanol–water partition coefficient (Wildman–Crippen LogP) is 1.92. The molecule has 1 aliphatic rings. The summed E-state index contributed by atoms with van der Waals surface area (Å²) in [4.78, 5) is 30.6. The first kappa shape index (κ1) is 29.7. The maximum atomic E-state index is 12.1. The van der Waals surface area contributed by atoms with E-state index in [0.717, 1.165) is 38.4 Å². The van der Waals surface area contributed by atoms with Gasteiger partial charge in [0.2, 0.25) is 5.91 Å². The van der Waals surface area contributed by atoms with Gasteiger partial charge in [0.1, 0.15) is 5.60 Å². The summed E-state index contributed by atoms with van der Waals surface area (Å²) >= 11 is 0. The first-order chi connectivity index (χ1) is 14.0. The maximum Gasteiger partial charge on any atom is 0.407 e. The van der Waals surface area contributed by atoms with E-state index < -0.39 is 11.7 Å². The second-order valence-electron chi connectivity index (χ2n) is 9.08. The smallest absolute Gasteiger partial charge is 0.407 e. The molecule has 0 saturated carbocycles. The number of rotatable bonds is 8. The molecule has 182 valence electrons. The molecule has 1 saturated heterocycles. The van der Waals surface area contributed by atoms with E-state index in [1.807, 2.05) is 27.7 Å². The Morgan fingerprint density at radius 1 is 1.19 bits per heavy atom. The number of carbonyl (C=O) groups is 2. The van der Waals surface area contributed by atoms with Crippen molar-refractivity contribution in [2.45, 2.75) is 72.1 Å². The fourth-order valence-electron chi connectivity index (χ4n) is 3.10. The maximum absolute atomic E-state index is 12.1. The molecule has 1 atom stereocenters. The van der Waals surface area contributed by atoms with E-state index in [-0.39, 0.29) is 41.8 Å². The lowest BCUT2D eigenvalue weighted by molar-refractivity contribution is -0.122. The number of halogens is 1. The summed E-state index contributed by atoms with van der Waals surface area (Å²) in [6, 6.07) is 0.185. The number of likely N-dealkylation sites (tertiary alicyclic amines) is 1. The highest BCUT2D eigenvalue weighted by Gasteiger charge is 2.23. The Hall–Kier alpha value is -1.30. The topological polar surface area (TPSA) is 107 Å². The molecule has 1 fully saturated rings. The van der Waals surface area contributed by atoms with Crippen molar-refractivity contribution >= 4 is 41.9 Å². The monoisotopic (exact) mass is 554 g/mol. The van der Waals surface area contributed by atoms with E-state index in [2.05, 4.69) is 40.0 Å². The highest BCUT2D eigenvalue weighted by Crippen LogP contribution is 2.11. The summed E-state index contributed by atoms with van der Waals surface area (Å²) in [5, 5.41) is 12.4. The minimum absolute atomic E-state index is 0. The normalized spacial score (nSPS) is 16.8. The molecular formula is C21H43IN6O3. The fourth-order valence-corrected chi connectivity index (χ4v) is 3.10. The van der Waals surface area contributed by atoms with Crippen LogP contribution in [0, 0.1) is 5.92 Å². The van der Waals surface area contributed by atoms with Crippen LogP contribution < -0.4 is 21.3 Å². The quantitative estimate of drug-likeness (QED) is 0.208. The van der Waals surface area contributed by atoms with Crippen molar-refractivity contribution in [3.63, 3.8) is 0 Å². The lowest BCUT2D eigenvalue weighted by Crippen LogP contribution is -2.50. The molecule has 0 aromatic heterocycles. The molecule has 10 heteroatoms. The third kappa shape index (κ3) is 13.0. The van der Waals surface area contributed by atoms with Crippen molar-refractivity contribution in [2.24, 2.45) is 10.9 Å². The van der Waals surface area contributed by atoms with Gasteiger partial charge in [-0.15, -0.1) is 24.0 Å². The zero-order valence-corrected chi connectivity index (χ0v) is 22.5. The van der Waals surface area contributed by atoms with Crippen LogP contribution in [0.2, 0.25) is 0 Å². The number of hydrogen-bond acceptors (Lipinski definition) is 5. The van der Waals surface area contributed by atoms with Gasteiger partial charge in [-0.25, -0.2) is 4.79 Å². The van der Waals surface area contributed by atoms with Gasteiger partial charge < -0.3 is 26.0 Å². The largest absolute Gasteiger partial charge is 0.444 e. The van der Waals surface area contributed by atoms with Gasteiger partial charge in [-0.2, -0.15) is 0 Å². The zero-order valence-electron chi connectivity index (χ0n) is 20.2. The SMILES string of the molecule is CCNC(=NCC(NC(=O)OC(C)(C)C)C(C)C)NC1CCN(CC(=O)NC)CC1.I. The summed E-state index contributed by atoms with van der Waals surface area (Å²) < 4.78 is 5.38. The molecule has 0 aromatic carbocycles. The Kier molecular flexibility index (Phi) is 14.1. The molecule has 1 heterocycles. The van der Waals surface area contributed by atoms with E-state index in [4.69, 9.17) is 9.73 Å². The average molecular weight is 555 g/mol. The standard InChI is InChI=1S/C21H42N6O3.HI/c1-8-23-19(25-16-9-11-27(12-10-16)14-18(28)22-7)24-13-17(15(2)3)26-20(29)30-21(4,5)6;/h15-17H,8-14H2,1-7H3,(H,22,28)(H,26,29)(H2,23,24,25);1H. The van der Waals surface area contributed by atoms with Crippen LogP contribution in [0.15, 0.2) is 4.99 Å². The number of guanidine groups is 1. The van der Waals surface area contributed by atoms with E-state index >= 15 is 0 Å². The first-order valence-electron chi connectivity index (χ1n) is 11.0. The minimum Gasteiger partial charge on any atom is -0.444 e. The number of nitrogens with zero attached hydrogens (tertiary/aromatic N) is 2. The molecule has 1 rings (SSSR count). The molecule has 2 amide bonds. The van der Waals surface area contributed by atoms with E-state index in [0.29, 0.717) is 19.1 Å². The predicted molar refractivity (Wildman–Crippen MR) is 136 cm³/mol. The number of carbonyl (C=O) groups excluding carboxylic acids is 2. The summed E-state index contributed by atoms with van der Waals surface area (Å²) in [5.74, 6) is 1.02. The number of amides is 2. The van der Waals surface area contributed by atoms with E-state index in [9.17, 15) is 9.59 Å². The van der Waals surface area contributed by atoms with Gasteiger partial charge in [-0.1, -0.05) is 13.8 Å². The van der Waals surface area contributed by atoms with Crippen molar-refractivity contribution in [3.8, 4) is 0 Å². The van der Waals surface area contributed by atoms with Crippen LogP contribution >= 0.6 is 24.0 Å². The Morgan fingerprint density at radius 3 is 2.29 bits per heavy atom. The van der Waals surface area contributed by atoms with Gasteiger partial charge in [-0.05, 0) is 46.5 Å². The number of hydrogen-bond donors (Lipinski definition) is 4. The molecular weight excluding hydrogens is 511 g/mol. The second kappa shape index (κ2) is 14.7. The fraction of sp³-hybridized carbons (Fsp3) is 0.857. The van der Waals surface area contributed by atoms with E-state index in [1.165, 1.54) is 0 Å².